The van der Waals surface area contributed by atoms with Crippen LogP contribution in [0.1, 0.15) is 31.4 Å². The van der Waals surface area contributed by atoms with Crippen molar-refractivity contribution in [3.63, 3.8) is 0 Å². The molecule has 1 N–H and O–H groups in total. The van der Waals surface area contributed by atoms with Crippen LogP contribution in [0.4, 0.5) is 4.39 Å². The van der Waals surface area contributed by atoms with Crippen molar-refractivity contribution in [1.29, 1.82) is 0 Å². The van der Waals surface area contributed by atoms with Crippen LogP contribution in [-0.4, -0.2) is 41.9 Å². The summed E-state index contributed by atoms with van der Waals surface area (Å²) in [6, 6.07) is 5.09. The van der Waals surface area contributed by atoms with Crippen LogP contribution in [0, 0.1) is 17.7 Å². The van der Waals surface area contributed by atoms with Gasteiger partial charge in [-0.25, -0.2) is 4.39 Å². The van der Waals surface area contributed by atoms with E-state index in [1.807, 2.05) is 6.07 Å². The maximum absolute atomic E-state index is 14.2. The fourth-order valence-corrected chi connectivity index (χ4v) is 2.36. The lowest BCUT2D eigenvalue weighted by Crippen LogP contribution is -2.52. The van der Waals surface area contributed by atoms with Crippen LogP contribution >= 0.6 is 0 Å². The molecule has 1 aliphatic heterocycles. The van der Waals surface area contributed by atoms with E-state index in [0.29, 0.717) is 37.3 Å². The van der Waals surface area contributed by atoms with E-state index < -0.39 is 0 Å². The number of hydrogen-bond acceptors (Lipinski definition) is 3. The zero-order valence-corrected chi connectivity index (χ0v) is 12.7. The van der Waals surface area contributed by atoms with Crippen molar-refractivity contribution in [2.45, 2.75) is 32.4 Å². The maximum atomic E-state index is 14.2. The Bertz CT molecular complexity index is 545. The molecule has 0 amide bonds. The Labute approximate surface area is 125 Å². The highest BCUT2D eigenvalue weighted by Gasteiger charge is 2.30. The Morgan fingerprint density at radius 1 is 1.43 bits per heavy atom. The van der Waals surface area contributed by atoms with Gasteiger partial charge in [0.1, 0.15) is 5.82 Å². The largest absolute Gasteiger partial charge is 0.395 e. The summed E-state index contributed by atoms with van der Waals surface area (Å²) in [6.07, 6.45) is 0.408. The van der Waals surface area contributed by atoms with Gasteiger partial charge in [0.25, 0.3) is 0 Å². The normalized spacial score (nSPS) is 18.1. The van der Waals surface area contributed by atoms with Crippen LogP contribution in [-0.2, 0) is 11.3 Å². The highest BCUT2D eigenvalue weighted by molar-refractivity contribution is 5.37. The van der Waals surface area contributed by atoms with Gasteiger partial charge in [0.15, 0.2) is 0 Å². The third kappa shape index (κ3) is 4.28. The SMILES string of the molecule is CC1(C)COCCN1Cc1ccc(C#CCCO)cc1F. The molecule has 0 bridgehead atoms. The first kappa shape index (κ1) is 16.0. The molecule has 1 aliphatic rings. The Kier molecular flexibility index (Phi) is 5.35. The van der Waals surface area contributed by atoms with Crippen LogP contribution in [0.2, 0.25) is 0 Å². The molecule has 1 aromatic carbocycles. The predicted molar refractivity (Wildman–Crippen MR) is 80.3 cm³/mol. The van der Waals surface area contributed by atoms with Gasteiger partial charge in [0.2, 0.25) is 0 Å². The molecule has 0 spiro atoms. The molecule has 0 atom stereocenters. The van der Waals surface area contributed by atoms with Crippen LogP contribution < -0.4 is 0 Å². The molecular formula is C17H22FNO2. The average Bonchev–Trinajstić information content (AvgIpc) is 2.44. The summed E-state index contributed by atoms with van der Waals surface area (Å²) in [6.45, 7) is 6.99. The summed E-state index contributed by atoms with van der Waals surface area (Å²) in [5.41, 5.74) is 1.24. The van der Waals surface area contributed by atoms with Gasteiger partial charge in [0.05, 0.1) is 19.8 Å². The Morgan fingerprint density at radius 2 is 2.24 bits per heavy atom. The second-order valence-corrected chi connectivity index (χ2v) is 5.87. The van der Waals surface area contributed by atoms with Crippen molar-refractivity contribution in [3.8, 4) is 11.8 Å². The second kappa shape index (κ2) is 7.04. The van der Waals surface area contributed by atoms with Crippen molar-refractivity contribution in [2.75, 3.05) is 26.4 Å². The van der Waals surface area contributed by atoms with Gasteiger partial charge in [-0.2, -0.15) is 0 Å². The lowest BCUT2D eigenvalue weighted by molar-refractivity contribution is -0.0556. The quantitative estimate of drug-likeness (QED) is 0.866. The molecule has 2 rings (SSSR count). The van der Waals surface area contributed by atoms with Crippen LogP contribution in [0.15, 0.2) is 18.2 Å². The molecule has 0 aliphatic carbocycles. The van der Waals surface area contributed by atoms with E-state index in [4.69, 9.17) is 9.84 Å². The summed E-state index contributed by atoms with van der Waals surface area (Å²) >= 11 is 0. The van der Waals surface area contributed by atoms with Crippen molar-refractivity contribution in [1.82, 2.24) is 4.90 Å². The molecule has 1 fully saturated rings. The number of halogens is 1. The van der Waals surface area contributed by atoms with Crippen LogP contribution in [0.25, 0.3) is 0 Å². The van der Waals surface area contributed by atoms with Crippen molar-refractivity contribution in [3.05, 3.63) is 35.1 Å². The summed E-state index contributed by atoms with van der Waals surface area (Å²) in [5.74, 6) is 5.42. The van der Waals surface area contributed by atoms with Gasteiger partial charge in [-0.1, -0.05) is 17.9 Å². The number of aliphatic hydroxyl groups excluding tert-OH is 1. The number of ether oxygens (including phenoxy) is 1. The van der Waals surface area contributed by atoms with E-state index >= 15 is 0 Å². The van der Waals surface area contributed by atoms with Gasteiger partial charge in [0, 0.05) is 36.2 Å². The predicted octanol–water partition coefficient (Wildman–Crippen LogP) is 2.17. The Balaban J connectivity index is 2.09. The molecule has 0 saturated carbocycles. The zero-order valence-electron chi connectivity index (χ0n) is 12.7. The number of nitrogens with zero attached hydrogens (tertiary/aromatic N) is 1. The Hall–Kier alpha value is -1.41. The lowest BCUT2D eigenvalue weighted by Gasteiger charge is -2.42. The molecular weight excluding hydrogens is 269 g/mol. The fraction of sp³-hybridized carbons (Fsp3) is 0.529. The first-order valence-corrected chi connectivity index (χ1v) is 7.24. The van der Waals surface area contributed by atoms with Gasteiger partial charge in [-0.05, 0) is 26.0 Å². The molecule has 0 radical (unpaired) electrons. The van der Waals surface area contributed by atoms with Crippen molar-refractivity contribution in [2.24, 2.45) is 0 Å². The van der Waals surface area contributed by atoms with Crippen molar-refractivity contribution < 1.29 is 14.2 Å². The topological polar surface area (TPSA) is 32.7 Å². The second-order valence-electron chi connectivity index (χ2n) is 5.87. The monoisotopic (exact) mass is 291 g/mol. The molecule has 1 aromatic rings. The molecule has 1 saturated heterocycles. The van der Waals surface area contributed by atoms with Gasteiger partial charge in [-0.3, -0.25) is 4.90 Å². The van der Waals surface area contributed by atoms with E-state index in [0.717, 1.165) is 6.54 Å². The minimum Gasteiger partial charge on any atom is -0.395 e. The van der Waals surface area contributed by atoms with Gasteiger partial charge >= 0.3 is 0 Å². The van der Waals surface area contributed by atoms with Gasteiger partial charge in [-0.15, -0.1) is 0 Å². The summed E-state index contributed by atoms with van der Waals surface area (Å²) in [5, 5.41) is 8.68. The first-order valence-electron chi connectivity index (χ1n) is 7.24. The highest BCUT2D eigenvalue weighted by Crippen LogP contribution is 2.23. The molecule has 21 heavy (non-hydrogen) atoms. The fourth-order valence-electron chi connectivity index (χ4n) is 2.36. The van der Waals surface area contributed by atoms with E-state index in [2.05, 4.69) is 30.6 Å². The highest BCUT2D eigenvalue weighted by atomic mass is 19.1. The number of morpholine rings is 1. The van der Waals surface area contributed by atoms with Crippen molar-refractivity contribution >= 4 is 0 Å². The van der Waals surface area contributed by atoms with Gasteiger partial charge < -0.3 is 9.84 Å². The minimum atomic E-state index is -0.229. The Morgan fingerprint density at radius 3 is 2.90 bits per heavy atom. The molecule has 3 nitrogen and oxygen atoms in total. The van der Waals surface area contributed by atoms with E-state index in [1.165, 1.54) is 6.07 Å². The third-order valence-corrected chi connectivity index (χ3v) is 3.70. The third-order valence-electron chi connectivity index (χ3n) is 3.70. The lowest BCUT2D eigenvalue weighted by atomic mass is 10.0. The summed E-state index contributed by atoms with van der Waals surface area (Å²) in [4.78, 5) is 2.24. The summed E-state index contributed by atoms with van der Waals surface area (Å²) in [7, 11) is 0. The number of aliphatic hydroxyl groups is 1. The van der Waals surface area contributed by atoms with E-state index in [-0.39, 0.29) is 18.0 Å². The average molecular weight is 291 g/mol. The zero-order chi connectivity index (χ0) is 15.3. The van der Waals surface area contributed by atoms with E-state index in [1.54, 1.807) is 6.07 Å². The smallest absolute Gasteiger partial charge is 0.128 e. The minimum absolute atomic E-state index is 0.0275. The molecule has 0 unspecified atom stereocenters. The molecule has 1 heterocycles. The van der Waals surface area contributed by atoms with Crippen LogP contribution in [0.5, 0.6) is 0 Å². The maximum Gasteiger partial charge on any atom is 0.128 e. The number of rotatable bonds is 3. The molecule has 0 aromatic heterocycles. The number of hydrogen-bond donors (Lipinski definition) is 1. The van der Waals surface area contributed by atoms with Crippen LogP contribution in [0.3, 0.4) is 0 Å². The standard InChI is InChI=1S/C17H22FNO2/c1-17(2)13-21-10-8-19(17)12-15-7-6-14(11-16(15)18)5-3-4-9-20/h6-7,11,20H,4,8-10,12-13H2,1-2H3. The first-order chi connectivity index (χ1) is 10.0. The molecule has 4 heteroatoms. The summed E-state index contributed by atoms with van der Waals surface area (Å²) < 4.78 is 19.7. The van der Waals surface area contributed by atoms with E-state index in [9.17, 15) is 4.39 Å². The number of benzene rings is 1. The molecule has 114 valence electrons.